The lowest BCUT2D eigenvalue weighted by atomic mass is 10.0. The summed E-state index contributed by atoms with van der Waals surface area (Å²) in [4.78, 5) is 0. The van der Waals surface area contributed by atoms with Gasteiger partial charge < -0.3 is 14.8 Å². The Hall–Kier alpha value is -2.00. The van der Waals surface area contributed by atoms with Crippen molar-refractivity contribution in [2.75, 3.05) is 20.3 Å². The standard InChI is InChI=1S/C17H19NO2/c1-18-10-13-5-4-6-15(9-13)19-11-14-12-20-17-8-3-2-7-16(14)17/h2-9,14,18H,10-12H2,1H3. The molecule has 3 heteroatoms. The van der Waals surface area contributed by atoms with Gasteiger partial charge in [-0.05, 0) is 30.8 Å². The van der Waals surface area contributed by atoms with Crippen LogP contribution in [0.4, 0.5) is 0 Å². The molecule has 0 aliphatic carbocycles. The molecular weight excluding hydrogens is 250 g/mol. The van der Waals surface area contributed by atoms with E-state index in [-0.39, 0.29) is 0 Å². The first-order valence-corrected chi connectivity index (χ1v) is 6.95. The zero-order valence-corrected chi connectivity index (χ0v) is 11.6. The van der Waals surface area contributed by atoms with Gasteiger partial charge in [-0.15, -0.1) is 0 Å². The van der Waals surface area contributed by atoms with Crippen LogP contribution in [0.3, 0.4) is 0 Å². The molecule has 0 saturated carbocycles. The molecule has 104 valence electrons. The third kappa shape index (κ3) is 2.78. The second-order valence-corrected chi connectivity index (χ2v) is 5.03. The maximum Gasteiger partial charge on any atom is 0.123 e. The Labute approximate surface area is 119 Å². The summed E-state index contributed by atoms with van der Waals surface area (Å²) in [6.07, 6.45) is 0. The zero-order chi connectivity index (χ0) is 13.8. The van der Waals surface area contributed by atoms with E-state index in [0.717, 1.165) is 18.0 Å². The van der Waals surface area contributed by atoms with E-state index in [4.69, 9.17) is 9.47 Å². The lowest BCUT2D eigenvalue weighted by Gasteiger charge is -2.12. The molecule has 3 rings (SSSR count). The minimum absolute atomic E-state index is 0.319. The summed E-state index contributed by atoms with van der Waals surface area (Å²) >= 11 is 0. The molecule has 0 radical (unpaired) electrons. The molecule has 2 aromatic carbocycles. The minimum Gasteiger partial charge on any atom is -0.493 e. The van der Waals surface area contributed by atoms with Gasteiger partial charge in [-0.2, -0.15) is 0 Å². The van der Waals surface area contributed by atoms with E-state index in [1.165, 1.54) is 11.1 Å². The predicted octanol–water partition coefficient (Wildman–Crippen LogP) is 2.96. The van der Waals surface area contributed by atoms with Crippen LogP contribution in [0, 0.1) is 0 Å². The van der Waals surface area contributed by atoms with E-state index in [1.54, 1.807) is 0 Å². The maximum absolute atomic E-state index is 5.93. The molecule has 0 spiro atoms. The largest absolute Gasteiger partial charge is 0.493 e. The number of ether oxygens (including phenoxy) is 2. The number of hydrogen-bond donors (Lipinski definition) is 1. The van der Waals surface area contributed by atoms with Crippen molar-refractivity contribution in [3.63, 3.8) is 0 Å². The number of fused-ring (bicyclic) bond motifs is 1. The molecule has 0 fully saturated rings. The predicted molar refractivity (Wildman–Crippen MR) is 79.4 cm³/mol. The van der Waals surface area contributed by atoms with Crippen LogP contribution in [0.2, 0.25) is 0 Å². The van der Waals surface area contributed by atoms with Crippen molar-refractivity contribution in [2.24, 2.45) is 0 Å². The Kier molecular flexibility index (Phi) is 3.88. The summed E-state index contributed by atoms with van der Waals surface area (Å²) in [5.74, 6) is 2.23. The van der Waals surface area contributed by atoms with Crippen molar-refractivity contribution >= 4 is 0 Å². The van der Waals surface area contributed by atoms with Gasteiger partial charge in [0.1, 0.15) is 11.5 Å². The Bertz CT molecular complexity index is 583. The second kappa shape index (κ2) is 5.97. The number of hydrogen-bond acceptors (Lipinski definition) is 3. The van der Waals surface area contributed by atoms with Crippen molar-refractivity contribution in [1.82, 2.24) is 5.32 Å². The summed E-state index contributed by atoms with van der Waals surface area (Å²) in [5.41, 5.74) is 2.48. The van der Waals surface area contributed by atoms with Crippen LogP contribution in [0.1, 0.15) is 17.0 Å². The first-order valence-electron chi connectivity index (χ1n) is 6.95. The van der Waals surface area contributed by atoms with Crippen LogP contribution >= 0.6 is 0 Å². The summed E-state index contributed by atoms with van der Waals surface area (Å²) in [5, 5.41) is 3.15. The van der Waals surface area contributed by atoms with E-state index in [1.807, 2.05) is 37.4 Å². The highest BCUT2D eigenvalue weighted by molar-refractivity contribution is 5.40. The summed E-state index contributed by atoms with van der Waals surface area (Å²) in [6.45, 7) is 2.21. The molecule has 0 saturated heterocycles. The molecule has 1 aliphatic heterocycles. The first-order chi connectivity index (χ1) is 9.86. The average Bonchev–Trinajstić information content (AvgIpc) is 2.89. The van der Waals surface area contributed by atoms with Crippen LogP contribution in [0.25, 0.3) is 0 Å². The normalized spacial score (nSPS) is 16.6. The highest BCUT2D eigenvalue weighted by Crippen LogP contribution is 2.33. The fraction of sp³-hybridized carbons (Fsp3) is 0.294. The van der Waals surface area contributed by atoms with Crippen molar-refractivity contribution in [3.8, 4) is 11.5 Å². The molecule has 1 unspecified atom stereocenters. The molecule has 1 N–H and O–H groups in total. The van der Waals surface area contributed by atoms with Crippen LogP contribution in [-0.4, -0.2) is 20.3 Å². The van der Waals surface area contributed by atoms with Gasteiger partial charge >= 0.3 is 0 Å². The second-order valence-electron chi connectivity index (χ2n) is 5.03. The van der Waals surface area contributed by atoms with Gasteiger partial charge in [0.15, 0.2) is 0 Å². The molecule has 2 aromatic rings. The maximum atomic E-state index is 5.93. The molecule has 1 atom stereocenters. The van der Waals surface area contributed by atoms with Crippen molar-refractivity contribution in [2.45, 2.75) is 12.5 Å². The Balaban J connectivity index is 1.64. The highest BCUT2D eigenvalue weighted by atomic mass is 16.5. The summed E-state index contributed by atoms with van der Waals surface area (Å²) in [7, 11) is 1.94. The van der Waals surface area contributed by atoms with E-state index >= 15 is 0 Å². The van der Waals surface area contributed by atoms with E-state index in [0.29, 0.717) is 19.1 Å². The molecular formula is C17H19NO2. The van der Waals surface area contributed by atoms with Crippen LogP contribution in [-0.2, 0) is 6.54 Å². The van der Waals surface area contributed by atoms with Gasteiger partial charge in [0.2, 0.25) is 0 Å². The van der Waals surface area contributed by atoms with Gasteiger partial charge in [-0.25, -0.2) is 0 Å². The van der Waals surface area contributed by atoms with Crippen LogP contribution in [0.15, 0.2) is 48.5 Å². The molecule has 0 bridgehead atoms. The number of benzene rings is 2. The molecule has 0 amide bonds. The minimum atomic E-state index is 0.319. The van der Waals surface area contributed by atoms with Crippen LogP contribution < -0.4 is 14.8 Å². The first kappa shape index (κ1) is 13.0. The summed E-state index contributed by atoms with van der Waals surface area (Å²) in [6, 6.07) is 16.4. The highest BCUT2D eigenvalue weighted by Gasteiger charge is 2.24. The smallest absolute Gasteiger partial charge is 0.123 e. The van der Waals surface area contributed by atoms with Crippen LogP contribution in [0.5, 0.6) is 11.5 Å². The summed E-state index contributed by atoms with van der Waals surface area (Å²) < 4.78 is 11.6. The van der Waals surface area contributed by atoms with E-state index < -0.39 is 0 Å². The number of para-hydroxylation sites is 1. The van der Waals surface area contributed by atoms with Gasteiger partial charge in [-0.1, -0.05) is 30.3 Å². The van der Waals surface area contributed by atoms with Crippen molar-refractivity contribution in [1.29, 1.82) is 0 Å². The van der Waals surface area contributed by atoms with Gasteiger partial charge in [0.05, 0.1) is 19.1 Å². The average molecular weight is 269 g/mol. The lowest BCUT2D eigenvalue weighted by molar-refractivity contribution is 0.248. The van der Waals surface area contributed by atoms with Crippen molar-refractivity contribution in [3.05, 3.63) is 59.7 Å². The molecule has 1 aliphatic rings. The zero-order valence-electron chi connectivity index (χ0n) is 11.6. The Morgan fingerprint density at radius 3 is 3.00 bits per heavy atom. The fourth-order valence-corrected chi connectivity index (χ4v) is 2.51. The van der Waals surface area contributed by atoms with Gasteiger partial charge in [-0.3, -0.25) is 0 Å². The van der Waals surface area contributed by atoms with Crippen molar-refractivity contribution < 1.29 is 9.47 Å². The number of nitrogens with one attached hydrogen (secondary N) is 1. The molecule has 3 nitrogen and oxygen atoms in total. The van der Waals surface area contributed by atoms with E-state index in [9.17, 15) is 0 Å². The molecule has 0 aromatic heterocycles. The third-order valence-corrected chi connectivity index (χ3v) is 3.53. The fourth-order valence-electron chi connectivity index (χ4n) is 2.51. The quantitative estimate of drug-likeness (QED) is 0.905. The van der Waals surface area contributed by atoms with Gasteiger partial charge in [0.25, 0.3) is 0 Å². The Morgan fingerprint density at radius 1 is 1.20 bits per heavy atom. The third-order valence-electron chi connectivity index (χ3n) is 3.53. The SMILES string of the molecule is CNCc1cccc(OCC2COc3ccccc32)c1. The van der Waals surface area contributed by atoms with E-state index in [2.05, 4.69) is 23.5 Å². The number of rotatable bonds is 5. The van der Waals surface area contributed by atoms with Gasteiger partial charge in [0, 0.05) is 12.1 Å². The Morgan fingerprint density at radius 2 is 2.10 bits per heavy atom. The topological polar surface area (TPSA) is 30.5 Å². The molecule has 1 heterocycles. The lowest BCUT2D eigenvalue weighted by Crippen LogP contribution is -2.12. The monoisotopic (exact) mass is 269 g/mol. The molecule has 20 heavy (non-hydrogen) atoms.